The lowest BCUT2D eigenvalue weighted by molar-refractivity contribution is -0.0419. The van der Waals surface area contributed by atoms with Gasteiger partial charge in [0.05, 0.1) is 0 Å². The van der Waals surface area contributed by atoms with Gasteiger partial charge >= 0.3 is 0 Å². The van der Waals surface area contributed by atoms with Crippen LogP contribution in [0.15, 0.2) is 0 Å². The van der Waals surface area contributed by atoms with Crippen molar-refractivity contribution in [3.63, 3.8) is 0 Å². The van der Waals surface area contributed by atoms with E-state index < -0.39 is 0 Å². The molecule has 0 bridgehead atoms. The lowest BCUT2D eigenvalue weighted by Gasteiger charge is -2.60. The Balaban J connectivity index is 1.69. The van der Waals surface area contributed by atoms with Crippen molar-refractivity contribution in [3.05, 3.63) is 0 Å². The van der Waals surface area contributed by atoms with Gasteiger partial charge in [0.2, 0.25) is 0 Å². The summed E-state index contributed by atoms with van der Waals surface area (Å²) in [5, 5.41) is 7.44. The monoisotopic (exact) mass is 238 g/mol. The minimum atomic E-state index is 0.277. The molecule has 0 amide bonds. The summed E-state index contributed by atoms with van der Waals surface area (Å²) in [4.78, 5) is 0. The third-order valence-corrected chi connectivity index (χ3v) is 3.99. The summed E-state index contributed by atoms with van der Waals surface area (Å²) >= 11 is 0. The first-order chi connectivity index (χ1) is 7.57. The molecule has 0 aliphatic heterocycles. The van der Waals surface area contributed by atoms with Crippen LogP contribution in [0, 0.1) is 5.41 Å². The van der Waals surface area contributed by atoms with E-state index in [9.17, 15) is 0 Å². The van der Waals surface area contributed by atoms with Crippen LogP contribution in [0.4, 0.5) is 0 Å². The summed E-state index contributed by atoms with van der Waals surface area (Å²) in [6.45, 7) is 13.6. The third kappa shape index (κ3) is 3.45. The topological polar surface area (TPSA) is 24.1 Å². The Morgan fingerprint density at radius 2 is 1.00 bits per heavy atom. The van der Waals surface area contributed by atoms with Gasteiger partial charge in [0, 0.05) is 23.2 Å². The minimum Gasteiger partial charge on any atom is -0.309 e. The second-order valence-corrected chi connectivity index (χ2v) is 8.50. The van der Waals surface area contributed by atoms with E-state index in [1.165, 1.54) is 25.7 Å². The molecule has 0 atom stereocenters. The fourth-order valence-electron chi connectivity index (χ4n) is 3.73. The van der Waals surface area contributed by atoms with Gasteiger partial charge in [0.25, 0.3) is 0 Å². The Bertz CT molecular complexity index is 237. The van der Waals surface area contributed by atoms with Crippen LogP contribution in [-0.4, -0.2) is 23.2 Å². The molecular weight excluding hydrogens is 208 g/mol. The molecule has 2 rings (SSSR count). The summed E-state index contributed by atoms with van der Waals surface area (Å²) in [7, 11) is 0. The minimum absolute atomic E-state index is 0.277. The SMILES string of the molecule is CC(C)(C)NC1CC2(C1)CC(NC(C)(C)C)C2. The second kappa shape index (κ2) is 3.96. The van der Waals surface area contributed by atoms with Crippen LogP contribution in [0.2, 0.25) is 0 Å². The van der Waals surface area contributed by atoms with Crippen LogP contribution in [0.3, 0.4) is 0 Å². The van der Waals surface area contributed by atoms with Gasteiger partial charge in [-0.1, -0.05) is 0 Å². The molecule has 2 fully saturated rings. The highest BCUT2D eigenvalue weighted by Gasteiger charge is 2.53. The maximum absolute atomic E-state index is 3.72. The van der Waals surface area contributed by atoms with Gasteiger partial charge in [-0.3, -0.25) is 0 Å². The van der Waals surface area contributed by atoms with Gasteiger partial charge < -0.3 is 10.6 Å². The predicted molar refractivity (Wildman–Crippen MR) is 74.3 cm³/mol. The molecule has 0 saturated heterocycles. The zero-order valence-electron chi connectivity index (χ0n) is 12.5. The average molecular weight is 238 g/mol. The van der Waals surface area contributed by atoms with E-state index in [1.54, 1.807) is 0 Å². The molecule has 0 unspecified atom stereocenters. The summed E-state index contributed by atoms with van der Waals surface area (Å²) in [6, 6.07) is 1.54. The second-order valence-electron chi connectivity index (χ2n) is 8.50. The Morgan fingerprint density at radius 3 is 1.24 bits per heavy atom. The molecule has 2 aliphatic carbocycles. The first-order valence-corrected chi connectivity index (χ1v) is 7.12. The Labute approximate surface area is 107 Å². The zero-order valence-corrected chi connectivity index (χ0v) is 12.5. The van der Waals surface area contributed by atoms with Gasteiger partial charge in [-0.15, -0.1) is 0 Å². The van der Waals surface area contributed by atoms with Gasteiger partial charge in [-0.25, -0.2) is 0 Å². The molecular formula is C15H30N2. The molecule has 1 spiro atoms. The van der Waals surface area contributed by atoms with Crippen molar-refractivity contribution >= 4 is 0 Å². The summed E-state index contributed by atoms with van der Waals surface area (Å²) in [5.74, 6) is 0. The quantitative estimate of drug-likeness (QED) is 0.772. The number of hydrogen-bond donors (Lipinski definition) is 2. The van der Waals surface area contributed by atoms with Crippen LogP contribution in [-0.2, 0) is 0 Å². The maximum atomic E-state index is 3.72. The van der Waals surface area contributed by atoms with E-state index in [0.29, 0.717) is 5.41 Å². The fraction of sp³-hybridized carbons (Fsp3) is 1.00. The molecule has 2 saturated carbocycles. The van der Waals surface area contributed by atoms with Crippen molar-refractivity contribution in [2.24, 2.45) is 5.41 Å². The lowest BCUT2D eigenvalue weighted by Crippen LogP contribution is -2.63. The molecule has 2 nitrogen and oxygen atoms in total. The highest BCUT2D eigenvalue weighted by Crippen LogP contribution is 2.56. The van der Waals surface area contributed by atoms with Crippen molar-refractivity contribution in [1.82, 2.24) is 10.6 Å². The predicted octanol–water partition coefficient (Wildman–Crippen LogP) is 3.07. The largest absolute Gasteiger partial charge is 0.309 e. The van der Waals surface area contributed by atoms with Gasteiger partial charge in [-0.2, -0.15) is 0 Å². The van der Waals surface area contributed by atoms with Crippen LogP contribution < -0.4 is 10.6 Å². The normalized spacial score (nSPS) is 37.8. The molecule has 0 aromatic heterocycles. The number of nitrogens with one attached hydrogen (secondary N) is 2. The first kappa shape index (κ1) is 13.4. The molecule has 2 aliphatic rings. The van der Waals surface area contributed by atoms with Crippen LogP contribution >= 0.6 is 0 Å². The van der Waals surface area contributed by atoms with Crippen LogP contribution in [0.5, 0.6) is 0 Å². The Hall–Kier alpha value is -0.0800. The first-order valence-electron chi connectivity index (χ1n) is 7.12. The molecule has 100 valence electrons. The van der Waals surface area contributed by atoms with Crippen molar-refractivity contribution in [2.75, 3.05) is 0 Å². The average Bonchev–Trinajstić information content (AvgIpc) is 1.90. The molecule has 0 heterocycles. The summed E-state index contributed by atoms with van der Waals surface area (Å²) in [6.07, 6.45) is 5.58. The fourth-order valence-corrected chi connectivity index (χ4v) is 3.73. The van der Waals surface area contributed by atoms with Crippen molar-refractivity contribution in [2.45, 2.75) is 90.4 Å². The van der Waals surface area contributed by atoms with Gasteiger partial charge in [0.15, 0.2) is 0 Å². The Morgan fingerprint density at radius 1 is 0.706 bits per heavy atom. The van der Waals surface area contributed by atoms with Crippen molar-refractivity contribution in [3.8, 4) is 0 Å². The smallest absolute Gasteiger partial charge is 0.00991 e. The van der Waals surface area contributed by atoms with Gasteiger partial charge in [0.1, 0.15) is 0 Å². The molecule has 2 heteroatoms. The zero-order chi connectivity index (χ0) is 12.9. The van der Waals surface area contributed by atoms with Crippen LogP contribution in [0.1, 0.15) is 67.2 Å². The summed E-state index contributed by atoms with van der Waals surface area (Å²) in [5.41, 5.74) is 1.25. The van der Waals surface area contributed by atoms with E-state index >= 15 is 0 Å². The van der Waals surface area contributed by atoms with E-state index in [-0.39, 0.29) is 11.1 Å². The summed E-state index contributed by atoms with van der Waals surface area (Å²) < 4.78 is 0. The van der Waals surface area contributed by atoms with E-state index in [1.807, 2.05) is 0 Å². The molecule has 2 N–H and O–H groups in total. The number of hydrogen-bond acceptors (Lipinski definition) is 2. The Kier molecular flexibility index (Phi) is 3.11. The van der Waals surface area contributed by atoms with E-state index in [4.69, 9.17) is 0 Å². The van der Waals surface area contributed by atoms with E-state index in [2.05, 4.69) is 52.2 Å². The highest BCUT2D eigenvalue weighted by atomic mass is 15.0. The molecule has 0 aromatic carbocycles. The molecule has 0 radical (unpaired) electrons. The molecule has 17 heavy (non-hydrogen) atoms. The van der Waals surface area contributed by atoms with E-state index in [0.717, 1.165) is 12.1 Å². The lowest BCUT2D eigenvalue weighted by atomic mass is 9.51. The highest BCUT2D eigenvalue weighted by molar-refractivity contribution is 5.09. The molecule has 0 aromatic rings. The van der Waals surface area contributed by atoms with Crippen LogP contribution in [0.25, 0.3) is 0 Å². The number of rotatable bonds is 2. The maximum Gasteiger partial charge on any atom is 0.00991 e. The van der Waals surface area contributed by atoms with Crippen molar-refractivity contribution < 1.29 is 0 Å². The standard InChI is InChI=1S/C15H30N2/c1-13(2,3)16-11-7-15(8-11)9-12(10-15)17-14(4,5)6/h11-12,16-17H,7-10H2,1-6H3. The van der Waals surface area contributed by atoms with Gasteiger partial charge in [-0.05, 0) is 72.6 Å². The van der Waals surface area contributed by atoms with Crippen molar-refractivity contribution in [1.29, 1.82) is 0 Å². The third-order valence-electron chi connectivity index (χ3n) is 3.99.